The third kappa shape index (κ3) is 4.55. The van der Waals surface area contributed by atoms with Gasteiger partial charge in [0.2, 0.25) is 0 Å². The Hall–Kier alpha value is -0.420. The van der Waals surface area contributed by atoms with Gasteiger partial charge in [0.15, 0.2) is 0 Å². The molecule has 1 spiro atoms. The van der Waals surface area contributed by atoms with Crippen LogP contribution in [-0.4, -0.2) is 42.3 Å². The van der Waals surface area contributed by atoms with Crippen molar-refractivity contribution in [2.24, 2.45) is 0 Å². The van der Waals surface area contributed by atoms with Gasteiger partial charge in [-0.15, -0.1) is 0 Å². The summed E-state index contributed by atoms with van der Waals surface area (Å²) in [5, 5.41) is 6.18. The van der Waals surface area contributed by atoms with E-state index in [1.807, 2.05) is 11.8 Å². The second kappa shape index (κ2) is 7.55. The maximum Gasteiger partial charge on any atom is 0.315 e. The van der Waals surface area contributed by atoms with Crippen molar-refractivity contribution >= 4 is 17.8 Å². The van der Waals surface area contributed by atoms with Gasteiger partial charge in [0.25, 0.3) is 0 Å². The number of thioether (sulfide) groups is 1. The molecule has 2 atom stereocenters. The second-order valence-corrected chi connectivity index (χ2v) is 7.21. The smallest absolute Gasteiger partial charge is 0.315 e. The molecule has 1 aliphatic heterocycles. The van der Waals surface area contributed by atoms with Crippen LogP contribution in [-0.2, 0) is 4.74 Å². The van der Waals surface area contributed by atoms with Crippen molar-refractivity contribution in [3.8, 4) is 0 Å². The number of nitrogens with one attached hydrogen (secondary N) is 2. The Balaban J connectivity index is 1.73. The van der Waals surface area contributed by atoms with E-state index in [0.717, 1.165) is 44.5 Å². The molecule has 1 heterocycles. The third-order valence-electron chi connectivity index (χ3n) is 4.48. The van der Waals surface area contributed by atoms with E-state index in [9.17, 15) is 4.79 Å². The number of carbonyl (C=O) groups excluding carboxylic acids is 1. The van der Waals surface area contributed by atoms with Crippen molar-refractivity contribution in [1.29, 1.82) is 0 Å². The highest BCUT2D eigenvalue weighted by Gasteiger charge is 2.40. The highest BCUT2D eigenvalue weighted by Crippen LogP contribution is 2.39. The zero-order valence-corrected chi connectivity index (χ0v) is 13.6. The molecule has 1 saturated carbocycles. The first-order valence-electron chi connectivity index (χ1n) is 7.83. The van der Waals surface area contributed by atoms with Gasteiger partial charge in [-0.05, 0) is 51.0 Å². The van der Waals surface area contributed by atoms with Crippen molar-refractivity contribution in [2.75, 3.05) is 18.6 Å². The van der Waals surface area contributed by atoms with E-state index in [4.69, 9.17) is 4.74 Å². The molecule has 1 saturated heterocycles. The van der Waals surface area contributed by atoms with Gasteiger partial charge in [0.05, 0.1) is 5.60 Å². The first-order chi connectivity index (χ1) is 9.63. The van der Waals surface area contributed by atoms with Crippen LogP contribution in [0.5, 0.6) is 0 Å². The van der Waals surface area contributed by atoms with Gasteiger partial charge in [-0.1, -0.05) is 12.8 Å². The number of ether oxygens (including phenoxy) is 1. The van der Waals surface area contributed by atoms with Gasteiger partial charge in [0, 0.05) is 18.7 Å². The SMILES string of the molecule is CSCC[C@H](C)NC(=O)N[C@H]1CCOC2(CCCC2)C1. The van der Waals surface area contributed by atoms with Crippen LogP contribution in [0.2, 0.25) is 0 Å². The molecule has 5 heteroatoms. The van der Waals surface area contributed by atoms with Crippen LogP contribution >= 0.6 is 11.8 Å². The van der Waals surface area contributed by atoms with Crippen LogP contribution in [0.1, 0.15) is 51.9 Å². The van der Waals surface area contributed by atoms with Crippen molar-refractivity contribution in [1.82, 2.24) is 10.6 Å². The summed E-state index contributed by atoms with van der Waals surface area (Å²) in [5.41, 5.74) is 0.0701. The average Bonchev–Trinajstić information content (AvgIpc) is 2.84. The van der Waals surface area contributed by atoms with Crippen LogP contribution in [0.4, 0.5) is 4.79 Å². The molecular weight excluding hydrogens is 272 g/mol. The molecule has 2 aliphatic rings. The summed E-state index contributed by atoms with van der Waals surface area (Å²) in [4.78, 5) is 12.0. The van der Waals surface area contributed by atoms with E-state index in [2.05, 4.69) is 23.8 Å². The van der Waals surface area contributed by atoms with Gasteiger partial charge in [-0.25, -0.2) is 4.79 Å². The molecule has 116 valence electrons. The van der Waals surface area contributed by atoms with Crippen LogP contribution in [0.3, 0.4) is 0 Å². The fourth-order valence-electron chi connectivity index (χ4n) is 3.34. The highest BCUT2D eigenvalue weighted by atomic mass is 32.2. The van der Waals surface area contributed by atoms with Crippen LogP contribution in [0, 0.1) is 0 Å². The minimum atomic E-state index is -0.0151. The largest absolute Gasteiger partial charge is 0.375 e. The lowest BCUT2D eigenvalue weighted by molar-refractivity contribution is -0.0820. The Kier molecular flexibility index (Phi) is 6.02. The molecule has 0 aromatic carbocycles. The average molecular weight is 300 g/mol. The lowest BCUT2D eigenvalue weighted by Crippen LogP contribution is -2.51. The van der Waals surface area contributed by atoms with E-state index >= 15 is 0 Å². The minimum absolute atomic E-state index is 0.0151. The predicted molar refractivity (Wildman–Crippen MR) is 84.3 cm³/mol. The van der Waals surface area contributed by atoms with E-state index in [1.165, 1.54) is 12.8 Å². The number of urea groups is 1. The summed E-state index contributed by atoms with van der Waals surface area (Å²) in [6.07, 6.45) is 9.90. The second-order valence-electron chi connectivity index (χ2n) is 6.23. The maximum absolute atomic E-state index is 12.0. The Labute approximate surface area is 126 Å². The van der Waals surface area contributed by atoms with Gasteiger partial charge in [0.1, 0.15) is 0 Å². The van der Waals surface area contributed by atoms with Crippen molar-refractivity contribution in [2.45, 2.75) is 69.6 Å². The van der Waals surface area contributed by atoms with Crippen LogP contribution in [0.15, 0.2) is 0 Å². The van der Waals surface area contributed by atoms with Crippen molar-refractivity contribution in [3.63, 3.8) is 0 Å². The zero-order chi connectivity index (χ0) is 14.4. The number of amides is 2. The first-order valence-corrected chi connectivity index (χ1v) is 9.23. The van der Waals surface area contributed by atoms with Crippen molar-refractivity contribution in [3.05, 3.63) is 0 Å². The summed E-state index contributed by atoms with van der Waals surface area (Å²) in [6, 6.07) is 0.496. The molecule has 2 rings (SSSR count). The fraction of sp³-hybridized carbons (Fsp3) is 0.933. The first kappa shape index (κ1) is 16.0. The van der Waals surface area contributed by atoms with Crippen molar-refractivity contribution < 1.29 is 9.53 Å². The highest BCUT2D eigenvalue weighted by molar-refractivity contribution is 7.98. The Morgan fingerprint density at radius 3 is 2.90 bits per heavy atom. The minimum Gasteiger partial charge on any atom is -0.375 e. The quantitative estimate of drug-likeness (QED) is 0.821. The third-order valence-corrected chi connectivity index (χ3v) is 5.12. The van der Waals surface area contributed by atoms with Gasteiger partial charge in [-0.2, -0.15) is 11.8 Å². The molecule has 1 aliphatic carbocycles. The lowest BCUT2D eigenvalue weighted by Gasteiger charge is -2.38. The molecular formula is C15H28N2O2S. The predicted octanol–water partition coefficient (Wildman–Crippen LogP) is 2.92. The standard InChI is InChI=1S/C15H28N2O2S/c1-12(6-10-20-2)16-14(18)17-13-5-9-19-15(11-13)7-3-4-8-15/h12-13H,3-11H2,1-2H3,(H2,16,17,18)/t12-,13-/m0/s1. The molecule has 4 nitrogen and oxygen atoms in total. The molecule has 0 aromatic heterocycles. The van der Waals surface area contributed by atoms with Gasteiger partial charge in [-0.3, -0.25) is 0 Å². The summed E-state index contributed by atoms with van der Waals surface area (Å²) in [5.74, 6) is 1.09. The molecule has 2 fully saturated rings. The Morgan fingerprint density at radius 2 is 2.20 bits per heavy atom. The molecule has 20 heavy (non-hydrogen) atoms. The van der Waals surface area contributed by atoms with Gasteiger partial charge < -0.3 is 15.4 Å². The van der Waals surface area contributed by atoms with Crippen LogP contribution in [0.25, 0.3) is 0 Å². The van der Waals surface area contributed by atoms with Crippen LogP contribution < -0.4 is 10.6 Å². The Morgan fingerprint density at radius 1 is 1.45 bits per heavy atom. The topological polar surface area (TPSA) is 50.4 Å². The normalized spacial score (nSPS) is 26.4. The van der Waals surface area contributed by atoms with E-state index in [1.54, 1.807) is 0 Å². The number of hydrogen-bond donors (Lipinski definition) is 2. The monoisotopic (exact) mass is 300 g/mol. The summed E-state index contributed by atoms with van der Waals surface area (Å²) in [6.45, 7) is 2.85. The Bertz CT molecular complexity index is 319. The summed E-state index contributed by atoms with van der Waals surface area (Å²) < 4.78 is 6.00. The number of rotatable bonds is 5. The number of hydrogen-bond acceptors (Lipinski definition) is 3. The van der Waals surface area contributed by atoms with E-state index in [-0.39, 0.29) is 23.7 Å². The van der Waals surface area contributed by atoms with E-state index in [0.29, 0.717) is 0 Å². The summed E-state index contributed by atoms with van der Waals surface area (Å²) >= 11 is 1.82. The summed E-state index contributed by atoms with van der Waals surface area (Å²) in [7, 11) is 0. The maximum atomic E-state index is 12.0. The lowest BCUT2D eigenvalue weighted by atomic mass is 9.89. The number of carbonyl (C=O) groups is 1. The van der Waals surface area contributed by atoms with Gasteiger partial charge >= 0.3 is 6.03 Å². The molecule has 0 bridgehead atoms. The zero-order valence-electron chi connectivity index (χ0n) is 12.7. The molecule has 0 unspecified atom stereocenters. The molecule has 2 N–H and O–H groups in total. The fourth-order valence-corrected chi connectivity index (χ4v) is 3.93. The molecule has 0 aromatic rings. The molecule has 2 amide bonds. The molecule has 0 radical (unpaired) electrons. The van der Waals surface area contributed by atoms with E-state index < -0.39 is 0 Å².